The van der Waals surface area contributed by atoms with Crippen LogP contribution in [0.2, 0.25) is 0 Å². The van der Waals surface area contributed by atoms with Crippen LogP contribution in [0.15, 0.2) is 71.4 Å². The predicted molar refractivity (Wildman–Crippen MR) is 112 cm³/mol. The van der Waals surface area contributed by atoms with Crippen molar-refractivity contribution in [2.75, 3.05) is 19.6 Å². The molecule has 1 atom stereocenters. The normalized spacial score (nSPS) is 15.6. The number of carbonyl (C=O) groups excluding carboxylic acids is 1. The van der Waals surface area contributed by atoms with Gasteiger partial charge in [0.1, 0.15) is 0 Å². The molecule has 0 bridgehead atoms. The fraction of sp³-hybridized carbons (Fsp3) is 0.261. The van der Waals surface area contributed by atoms with E-state index < -0.39 is 0 Å². The van der Waals surface area contributed by atoms with Crippen LogP contribution in [0.5, 0.6) is 0 Å². The van der Waals surface area contributed by atoms with E-state index in [4.69, 9.17) is 0 Å². The molecule has 3 nitrogen and oxygen atoms in total. The number of likely N-dealkylation sites (tertiary alicyclic amines) is 1. The Morgan fingerprint density at radius 3 is 2.33 bits per heavy atom. The van der Waals surface area contributed by atoms with Crippen molar-refractivity contribution in [1.82, 2.24) is 10.2 Å². The number of nitrogens with zero attached hydrogens (tertiary/aromatic N) is 1. The average molecular weight is 377 g/mol. The second kappa shape index (κ2) is 8.51. The van der Waals surface area contributed by atoms with Gasteiger partial charge in [0, 0.05) is 12.1 Å². The first-order valence-electron chi connectivity index (χ1n) is 9.51. The second-order valence-electron chi connectivity index (χ2n) is 6.97. The number of carbonyl (C=O) groups is 1. The summed E-state index contributed by atoms with van der Waals surface area (Å²) in [5.74, 6) is -0.00552. The Hall–Kier alpha value is -2.43. The Bertz CT molecular complexity index is 853. The van der Waals surface area contributed by atoms with E-state index in [1.807, 2.05) is 42.5 Å². The Balaban J connectivity index is 1.42. The first-order valence-corrected chi connectivity index (χ1v) is 10.5. The first kappa shape index (κ1) is 18.0. The minimum Gasteiger partial charge on any atom is -0.350 e. The Kier molecular flexibility index (Phi) is 5.66. The van der Waals surface area contributed by atoms with Crippen molar-refractivity contribution in [2.45, 2.75) is 18.9 Å². The molecule has 1 fully saturated rings. The zero-order chi connectivity index (χ0) is 18.5. The van der Waals surface area contributed by atoms with E-state index in [-0.39, 0.29) is 11.9 Å². The summed E-state index contributed by atoms with van der Waals surface area (Å²) >= 11 is 1.72. The number of amides is 1. The van der Waals surface area contributed by atoms with E-state index in [0.29, 0.717) is 12.1 Å². The molecule has 0 spiro atoms. The predicted octanol–water partition coefficient (Wildman–Crippen LogP) is 4.98. The monoisotopic (exact) mass is 376 g/mol. The highest BCUT2D eigenvalue weighted by Crippen LogP contribution is 2.26. The van der Waals surface area contributed by atoms with E-state index in [2.05, 4.69) is 39.2 Å². The molecular weight excluding hydrogens is 352 g/mol. The van der Waals surface area contributed by atoms with Gasteiger partial charge in [-0.25, -0.2) is 0 Å². The Labute approximate surface area is 164 Å². The summed E-state index contributed by atoms with van der Waals surface area (Å²) in [6.45, 7) is 2.88. The highest BCUT2D eigenvalue weighted by Gasteiger charge is 2.24. The van der Waals surface area contributed by atoms with Gasteiger partial charge in [-0.3, -0.25) is 9.69 Å². The summed E-state index contributed by atoms with van der Waals surface area (Å²) in [5, 5.41) is 7.46. The van der Waals surface area contributed by atoms with Crippen LogP contribution in [0, 0.1) is 0 Å². The third-order valence-electron chi connectivity index (χ3n) is 5.22. The van der Waals surface area contributed by atoms with Crippen LogP contribution in [0.3, 0.4) is 0 Å². The van der Waals surface area contributed by atoms with E-state index >= 15 is 0 Å². The molecule has 1 aromatic heterocycles. The maximum absolute atomic E-state index is 12.7. The number of hydrogen-bond donors (Lipinski definition) is 1. The maximum atomic E-state index is 12.7. The van der Waals surface area contributed by atoms with Crippen LogP contribution in [0.4, 0.5) is 0 Å². The molecule has 1 saturated heterocycles. The summed E-state index contributed by atoms with van der Waals surface area (Å²) in [6.07, 6.45) is 2.49. The molecule has 1 aliphatic rings. The van der Waals surface area contributed by atoms with Crippen molar-refractivity contribution in [3.05, 3.63) is 82.6 Å². The van der Waals surface area contributed by atoms with E-state index in [0.717, 1.165) is 24.2 Å². The van der Waals surface area contributed by atoms with Gasteiger partial charge >= 0.3 is 0 Å². The number of thiophene rings is 1. The molecule has 1 amide bonds. The lowest BCUT2D eigenvalue weighted by molar-refractivity contribution is 0.0938. The van der Waals surface area contributed by atoms with Crippen LogP contribution >= 0.6 is 11.3 Å². The largest absolute Gasteiger partial charge is 0.350 e. The van der Waals surface area contributed by atoms with Crippen molar-refractivity contribution < 1.29 is 4.79 Å². The molecule has 4 rings (SSSR count). The molecule has 0 aliphatic carbocycles. The lowest BCUT2D eigenvalue weighted by atomic mass is 10.0. The molecule has 0 radical (unpaired) electrons. The van der Waals surface area contributed by atoms with Crippen molar-refractivity contribution in [2.24, 2.45) is 0 Å². The van der Waals surface area contributed by atoms with Gasteiger partial charge in [0.05, 0.1) is 6.04 Å². The van der Waals surface area contributed by atoms with Crippen LogP contribution in [-0.2, 0) is 0 Å². The van der Waals surface area contributed by atoms with Crippen LogP contribution in [0.25, 0.3) is 11.1 Å². The standard InChI is InChI=1S/C23H24N2OS/c26-23(20-10-8-19(9-11-20)18-6-2-1-3-7-18)24-16-22(21-12-15-27-17-21)25-13-4-5-14-25/h1-3,6-12,15,17,22H,4-5,13-14,16H2,(H,24,26). The average Bonchev–Trinajstić information content (AvgIpc) is 3.44. The molecule has 4 heteroatoms. The van der Waals surface area contributed by atoms with E-state index in [1.165, 1.54) is 18.4 Å². The minimum atomic E-state index is -0.00552. The van der Waals surface area contributed by atoms with Gasteiger partial charge in [0.25, 0.3) is 5.91 Å². The number of benzene rings is 2. The summed E-state index contributed by atoms with van der Waals surface area (Å²) in [4.78, 5) is 15.1. The zero-order valence-corrected chi connectivity index (χ0v) is 16.1. The molecule has 0 saturated carbocycles. The van der Waals surface area contributed by atoms with Crippen molar-refractivity contribution in [3.8, 4) is 11.1 Å². The highest BCUT2D eigenvalue weighted by molar-refractivity contribution is 7.07. The van der Waals surface area contributed by atoms with Gasteiger partial charge in [0.15, 0.2) is 0 Å². The van der Waals surface area contributed by atoms with Gasteiger partial charge in [-0.1, -0.05) is 42.5 Å². The van der Waals surface area contributed by atoms with Crippen molar-refractivity contribution >= 4 is 17.2 Å². The van der Waals surface area contributed by atoms with E-state index in [1.54, 1.807) is 11.3 Å². The summed E-state index contributed by atoms with van der Waals surface area (Å²) in [5.41, 5.74) is 4.30. The molecule has 1 unspecified atom stereocenters. The molecular formula is C23H24N2OS. The maximum Gasteiger partial charge on any atom is 0.251 e. The van der Waals surface area contributed by atoms with Crippen molar-refractivity contribution in [3.63, 3.8) is 0 Å². The lowest BCUT2D eigenvalue weighted by Gasteiger charge is -2.27. The molecule has 138 valence electrons. The van der Waals surface area contributed by atoms with Gasteiger partial charge in [0.2, 0.25) is 0 Å². The third-order valence-corrected chi connectivity index (χ3v) is 5.92. The molecule has 1 N–H and O–H groups in total. The highest BCUT2D eigenvalue weighted by atomic mass is 32.1. The van der Waals surface area contributed by atoms with Crippen LogP contribution in [0.1, 0.15) is 34.8 Å². The molecule has 2 aromatic carbocycles. The second-order valence-corrected chi connectivity index (χ2v) is 7.75. The van der Waals surface area contributed by atoms with Crippen LogP contribution < -0.4 is 5.32 Å². The topological polar surface area (TPSA) is 32.3 Å². The molecule has 3 aromatic rings. The Morgan fingerprint density at radius 1 is 0.963 bits per heavy atom. The molecule has 27 heavy (non-hydrogen) atoms. The zero-order valence-electron chi connectivity index (χ0n) is 15.3. The molecule has 2 heterocycles. The number of nitrogens with one attached hydrogen (secondary N) is 1. The Morgan fingerprint density at radius 2 is 1.67 bits per heavy atom. The lowest BCUT2D eigenvalue weighted by Crippen LogP contribution is -2.36. The van der Waals surface area contributed by atoms with Crippen molar-refractivity contribution in [1.29, 1.82) is 0 Å². The molecule has 1 aliphatic heterocycles. The fourth-order valence-corrected chi connectivity index (χ4v) is 4.42. The minimum absolute atomic E-state index is 0.00552. The van der Waals surface area contributed by atoms with E-state index in [9.17, 15) is 4.79 Å². The van der Waals surface area contributed by atoms with Gasteiger partial charge in [-0.15, -0.1) is 0 Å². The fourth-order valence-electron chi connectivity index (χ4n) is 3.71. The smallest absolute Gasteiger partial charge is 0.251 e. The third kappa shape index (κ3) is 4.29. The van der Waals surface area contributed by atoms with Crippen LogP contribution in [-0.4, -0.2) is 30.4 Å². The first-order chi connectivity index (χ1) is 13.3. The van der Waals surface area contributed by atoms with Gasteiger partial charge < -0.3 is 5.32 Å². The summed E-state index contributed by atoms with van der Waals surface area (Å²) in [7, 11) is 0. The van der Waals surface area contributed by atoms with Gasteiger partial charge in [-0.05, 0) is 71.6 Å². The quantitative estimate of drug-likeness (QED) is 0.658. The summed E-state index contributed by atoms with van der Waals surface area (Å²) < 4.78 is 0. The SMILES string of the molecule is O=C(NCC(c1ccsc1)N1CCCC1)c1ccc(-c2ccccc2)cc1. The summed E-state index contributed by atoms with van der Waals surface area (Å²) in [6, 6.07) is 20.5. The number of hydrogen-bond acceptors (Lipinski definition) is 3. The van der Waals surface area contributed by atoms with Gasteiger partial charge in [-0.2, -0.15) is 11.3 Å². The number of rotatable bonds is 6.